The highest BCUT2D eigenvalue weighted by atomic mass is 19.1. The number of piperidine rings is 1. The van der Waals surface area contributed by atoms with Crippen LogP contribution in [0.15, 0.2) is 40.9 Å². The number of nitrogens with zero attached hydrogens (tertiary/aromatic N) is 3. The lowest BCUT2D eigenvalue weighted by Gasteiger charge is -2.47. The smallest absolute Gasteiger partial charge is 0.297 e. The highest BCUT2D eigenvalue weighted by Crippen LogP contribution is 2.40. The maximum atomic E-state index is 14.0. The summed E-state index contributed by atoms with van der Waals surface area (Å²) < 4.78 is 14.0. The molecule has 1 aromatic rings. The van der Waals surface area contributed by atoms with E-state index in [1.54, 1.807) is 17.0 Å². The van der Waals surface area contributed by atoms with Crippen molar-refractivity contribution in [2.24, 2.45) is 10.9 Å². The van der Waals surface area contributed by atoms with Crippen molar-refractivity contribution in [3.8, 4) is 0 Å². The Bertz CT molecular complexity index is 845. The number of halogens is 1. The molecular formula is C24H35FN4O. The number of amides is 2. The third-order valence-corrected chi connectivity index (χ3v) is 6.46. The zero-order chi connectivity index (χ0) is 22.1. The number of benzene rings is 1. The molecule has 1 N–H and O–H groups in total. The molecule has 0 unspecified atom stereocenters. The zero-order valence-corrected chi connectivity index (χ0v) is 19.1. The van der Waals surface area contributed by atoms with Gasteiger partial charge in [-0.3, -0.25) is 20.1 Å². The van der Waals surface area contributed by atoms with Gasteiger partial charge in [-0.15, -0.1) is 0 Å². The van der Waals surface area contributed by atoms with Crippen LogP contribution in [0.1, 0.15) is 54.4 Å². The normalized spacial score (nSPS) is 27.1. The summed E-state index contributed by atoms with van der Waals surface area (Å²) in [6.07, 6.45) is 3.75. The van der Waals surface area contributed by atoms with Crippen molar-refractivity contribution in [2.45, 2.75) is 72.0 Å². The van der Waals surface area contributed by atoms with Crippen LogP contribution in [0.25, 0.3) is 0 Å². The fraction of sp³-hybridized carbons (Fsp3) is 0.583. The SMILES string of the molecule is CC(C)=CCN1CC[C@@]2(C[C@@H]1C)C(=N[C@H](C)C(C)C)NC(=O)N2c1cccc(F)c1. The maximum Gasteiger partial charge on any atom is 0.328 e. The average Bonchev–Trinajstić information content (AvgIpc) is 2.91. The molecule has 2 aliphatic rings. The number of carbonyl (C=O) groups excluding carboxylic acids is 1. The molecule has 0 saturated carbocycles. The van der Waals surface area contributed by atoms with Crippen molar-refractivity contribution >= 4 is 17.6 Å². The summed E-state index contributed by atoms with van der Waals surface area (Å²) in [5, 5.41) is 3.04. The van der Waals surface area contributed by atoms with E-state index >= 15 is 0 Å². The quantitative estimate of drug-likeness (QED) is 0.690. The average molecular weight is 415 g/mol. The molecule has 2 amide bonds. The monoisotopic (exact) mass is 414 g/mol. The maximum absolute atomic E-state index is 14.0. The van der Waals surface area contributed by atoms with Crippen LogP contribution in [0.3, 0.4) is 0 Å². The Morgan fingerprint density at radius 1 is 1.37 bits per heavy atom. The van der Waals surface area contributed by atoms with Crippen molar-refractivity contribution in [1.29, 1.82) is 0 Å². The van der Waals surface area contributed by atoms with Crippen LogP contribution < -0.4 is 10.2 Å². The fourth-order valence-electron chi connectivity index (χ4n) is 4.32. The van der Waals surface area contributed by atoms with Crippen molar-refractivity contribution in [1.82, 2.24) is 10.2 Å². The van der Waals surface area contributed by atoms with Gasteiger partial charge < -0.3 is 0 Å². The second kappa shape index (κ2) is 8.88. The molecule has 3 rings (SSSR count). The number of likely N-dealkylation sites (tertiary alicyclic amines) is 1. The Balaban J connectivity index is 2.01. The van der Waals surface area contributed by atoms with E-state index in [-0.39, 0.29) is 23.9 Å². The van der Waals surface area contributed by atoms with E-state index in [4.69, 9.17) is 4.99 Å². The van der Waals surface area contributed by atoms with Gasteiger partial charge in [0.15, 0.2) is 0 Å². The predicted octanol–water partition coefficient (Wildman–Crippen LogP) is 4.99. The summed E-state index contributed by atoms with van der Waals surface area (Å²) in [6.45, 7) is 14.5. The topological polar surface area (TPSA) is 47.9 Å². The van der Waals surface area contributed by atoms with Gasteiger partial charge in [0, 0.05) is 24.8 Å². The highest BCUT2D eigenvalue weighted by molar-refractivity contribution is 6.19. The molecule has 0 aliphatic carbocycles. The Kier molecular flexibility index (Phi) is 6.65. The van der Waals surface area contributed by atoms with Crippen LogP contribution in [0.5, 0.6) is 0 Å². The number of carbonyl (C=O) groups is 1. The number of nitrogens with one attached hydrogen (secondary N) is 1. The van der Waals surface area contributed by atoms with Gasteiger partial charge in [-0.05, 0) is 64.7 Å². The van der Waals surface area contributed by atoms with Crippen LogP contribution in [-0.2, 0) is 0 Å². The van der Waals surface area contributed by atoms with Crippen LogP contribution in [0, 0.1) is 11.7 Å². The lowest BCUT2D eigenvalue weighted by atomic mass is 9.81. The van der Waals surface area contributed by atoms with E-state index in [9.17, 15) is 9.18 Å². The van der Waals surface area contributed by atoms with Crippen LogP contribution in [0.4, 0.5) is 14.9 Å². The first-order valence-corrected chi connectivity index (χ1v) is 11.0. The fourth-order valence-corrected chi connectivity index (χ4v) is 4.32. The first-order chi connectivity index (χ1) is 14.1. The summed E-state index contributed by atoms with van der Waals surface area (Å²) in [4.78, 5) is 22.3. The molecule has 2 heterocycles. The van der Waals surface area contributed by atoms with Crippen LogP contribution >= 0.6 is 0 Å². The molecular weight excluding hydrogens is 379 g/mol. The first-order valence-electron chi connectivity index (χ1n) is 11.0. The largest absolute Gasteiger partial charge is 0.328 e. The van der Waals surface area contributed by atoms with Crippen molar-refractivity contribution < 1.29 is 9.18 Å². The Morgan fingerprint density at radius 3 is 2.70 bits per heavy atom. The summed E-state index contributed by atoms with van der Waals surface area (Å²) in [5.41, 5.74) is 1.31. The van der Waals surface area contributed by atoms with Gasteiger partial charge in [-0.1, -0.05) is 31.6 Å². The molecule has 30 heavy (non-hydrogen) atoms. The predicted molar refractivity (Wildman–Crippen MR) is 122 cm³/mol. The first kappa shape index (κ1) is 22.5. The van der Waals surface area contributed by atoms with E-state index in [1.807, 2.05) is 0 Å². The van der Waals surface area contributed by atoms with E-state index in [0.29, 0.717) is 11.6 Å². The lowest BCUT2D eigenvalue weighted by molar-refractivity contribution is 0.145. The molecule has 3 atom stereocenters. The molecule has 6 heteroatoms. The zero-order valence-electron chi connectivity index (χ0n) is 19.1. The second-order valence-corrected chi connectivity index (χ2v) is 9.32. The standard InChI is InChI=1S/C24H35FN4O/c1-16(2)10-12-28-13-11-24(15-18(28)5)22(26-19(6)17(3)4)27-23(30)29(24)21-9-7-8-20(25)14-21/h7-10,14,17-19H,11-13,15H2,1-6H3,(H,26,27,30)/t18-,19+,24+/m0/s1. The molecule has 0 radical (unpaired) electrons. The number of rotatable bonds is 5. The minimum atomic E-state index is -0.574. The number of anilines is 1. The van der Waals surface area contributed by atoms with Crippen molar-refractivity contribution in [3.05, 3.63) is 41.7 Å². The molecule has 164 valence electrons. The van der Waals surface area contributed by atoms with Crippen molar-refractivity contribution in [2.75, 3.05) is 18.0 Å². The summed E-state index contributed by atoms with van der Waals surface area (Å²) in [6, 6.07) is 6.44. The number of amidine groups is 1. The summed E-state index contributed by atoms with van der Waals surface area (Å²) >= 11 is 0. The number of urea groups is 1. The molecule has 0 bridgehead atoms. The van der Waals surface area contributed by atoms with Crippen molar-refractivity contribution in [3.63, 3.8) is 0 Å². The highest BCUT2D eigenvalue weighted by Gasteiger charge is 2.54. The summed E-state index contributed by atoms with van der Waals surface area (Å²) in [7, 11) is 0. The second-order valence-electron chi connectivity index (χ2n) is 9.32. The molecule has 2 fully saturated rings. The number of hydrogen-bond acceptors (Lipinski definition) is 3. The Hall–Kier alpha value is -2.21. The van der Waals surface area contributed by atoms with Gasteiger partial charge in [-0.2, -0.15) is 0 Å². The lowest BCUT2D eigenvalue weighted by Crippen LogP contribution is -2.59. The molecule has 5 nitrogen and oxygen atoms in total. The Labute approximate surface area is 180 Å². The van der Waals surface area contributed by atoms with Crippen LogP contribution in [0.2, 0.25) is 0 Å². The van der Waals surface area contributed by atoms with Gasteiger partial charge in [0.25, 0.3) is 0 Å². The van der Waals surface area contributed by atoms with E-state index in [2.05, 4.69) is 57.8 Å². The molecule has 1 aromatic carbocycles. The van der Waals surface area contributed by atoms with Gasteiger partial charge in [0.1, 0.15) is 17.2 Å². The Morgan fingerprint density at radius 2 is 2.10 bits per heavy atom. The van der Waals surface area contributed by atoms with Crippen LogP contribution in [-0.4, -0.2) is 47.5 Å². The van der Waals surface area contributed by atoms with Gasteiger partial charge >= 0.3 is 6.03 Å². The van der Waals surface area contributed by atoms with E-state index in [1.165, 1.54) is 17.7 Å². The van der Waals surface area contributed by atoms with Gasteiger partial charge in [0.05, 0.1) is 6.04 Å². The molecule has 0 aromatic heterocycles. The minimum Gasteiger partial charge on any atom is -0.297 e. The molecule has 2 saturated heterocycles. The van der Waals surface area contributed by atoms with Gasteiger partial charge in [-0.25, -0.2) is 9.18 Å². The van der Waals surface area contributed by atoms with E-state index < -0.39 is 5.54 Å². The summed E-state index contributed by atoms with van der Waals surface area (Å²) in [5.74, 6) is 0.752. The number of aliphatic imine (C=N–C) groups is 1. The van der Waals surface area contributed by atoms with Gasteiger partial charge in [0.2, 0.25) is 0 Å². The number of allylic oxidation sites excluding steroid dienone is 1. The van der Waals surface area contributed by atoms with E-state index in [0.717, 1.165) is 31.8 Å². The third kappa shape index (κ3) is 4.43. The number of hydrogen-bond donors (Lipinski definition) is 1. The molecule has 1 spiro atoms. The molecule has 2 aliphatic heterocycles. The third-order valence-electron chi connectivity index (χ3n) is 6.46. The minimum absolute atomic E-state index is 0.0867.